The maximum absolute atomic E-state index is 13.6. The summed E-state index contributed by atoms with van der Waals surface area (Å²) < 4.78 is 28.4. The normalized spacial score (nSPS) is 15.5. The van der Waals surface area contributed by atoms with E-state index in [9.17, 15) is 4.57 Å². The van der Waals surface area contributed by atoms with Crippen molar-refractivity contribution in [2.45, 2.75) is 78.6 Å². The molecule has 0 aliphatic carbocycles. The van der Waals surface area contributed by atoms with Gasteiger partial charge in [0.2, 0.25) is 0 Å². The summed E-state index contributed by atoms with van der Waals surface area (Å²) in [7, 11) is -10.1. The highest BCUT2D eigenvalue weighted by Crippen LogP contribution is 2.54. The van der Waals surface area contributed by atoms with E-state index in [1.54, 1.807) is 0 Å². The van der Waals surface area contributed by atoms with Crippen LogP contribution in [0.1, 0.15) is 0 Å². The van der Waals surface area contributed by atoms with E-state index in [0.29, 0.717) is 6.29 Å². The first-order valence-electron chi connectivity index (χ1n) is 8.04. The van der Waals surface area contributed by atoms with Crippen LogP contribution in [0.25, 0.3) is 0 Å². The van der Waals surface area contributed by atoms with E-state index in [1.165, 1.54) is 0 Å². The Hall–Kier alpha value is 0.978. The van der Waals surface area contributed by atoms with Crippen LogP contribution in [0, 0.1) is 0 Å². The third-order valence-electron chi connectivity index (χ3n) is 2.76. The van der Waals surface area contributed by atoms with Crippen molar-refractivity contribution < 1.29 is 13.0 Å². The minimum Gasteiger partial charge on any atom is -0.351 e. The Kier molecular flexibility index (Phi) is 7.39. The van der Waals surface area contributed by atoms with Gasteiger partial charge < -0.3 is 12.7 Å². The van der Waals surface area contributed by atoms with E-state index < -0.39 is 40.7 Å². The Balaban J connectivity index is 5.66. The molecule has 4 nitrogen and oxygen atoms in total. The van der Waals surface area contributed by atoms with Gasteiger partial charge in [0.15, 0.2) is 16.6 Å². The van der Waals surface area contributed by atoms with Gasteiger partial charge in [-0.2, -0.15) is 0 Å². The van der Waals surface area contributed by atoms with Gasteiger partial charge in [0.05, 0.1) is 6.29 Å². The van der Waals surface area contributed by atoms with Crippen molar-refractivity contribution in [1.29, 1.82) is 0 Å². The zero-order valence-electron chi connectivity index (χ0n) is 16.8. The van der Waals surface area contributed by atoms with Crippen LogP contribution in [0.4, 0.5) is 0 Å². The molecule has 0 aliphatic rings. The van der Waals surface area contributed by atoms with Gasteiger partial charge in [0.25, 0.3) is 0 Å². The molecule has 0 atom stereocenters. The molecule has 0 saturated carbocycles. The molecule has 0 saturated heterocycles. The standard InChI is InChI=1S/C13H38NO3PSi4/c1-19(2,3)14(20(4,5)6)13-18(15,16-21(7,8)9)17-22(10,11)12/h13H2,1-12H3. The Morgan fingerprint density at radius 2 is 0.955 bits per heavy atom. The fourth-order valence-corrected chi connectivity index (χ4v) is 23.0. The van der Waals surface area contributed by atoms with Crippen LogP contribution in [0.3, 0.4) is 0 Å². The van der Waals surface area contributed by atoms with E-state index in [-0.39, 0.29) is 0 Å². The molecular weight excluding hydrogens is 361 g/mol. The Morgan fingerprint density at radius 3 is 1.14 bits per heavy atom. The minimum absolute atomic E-state index is 0.465. The van der Waals surface area contributed by atoms with Crippen molar-refractivity contribution in [2.24, 2.45) is 0 Å². The van der Waals surface area contributed by atoms with Gasteiger partial charge in [-0.25, -0.2) is 0 Å². The Labute approximate surface area is 142 Å². The fraction of sp³-hybridized carbons (Fsp3) is 1.00. The molecule has 134 valence electrons. The summed E-state index contributed by atoms with van der Waals surface area (Å²) in [4.78, 5) is 0. The van der Waals surface area contributed by atoms with Gasteiger partial charge >= 0.3 is 7.60 Å². The van der Waals surface area contributed by atoms with Crippen LogP contribution in [0.2, 0.25) is 78.6 Å². The molecule has 0 rings (SSSR count). The van der Waals surface area contributed by atoms with Crippen LogP contribution in [-0.2, 0) is 13.0 Å². The molecule has 0 heterocycles. The Bertz CT molecular complexity index is 385. The SMILES string of the molecule is C[Si](C)(C)OP(=O)(CN([Si](C)(C)C)[Si](C)(C)C)O[Si](C)(C)C. The highest BCUT2D eigenvalue weighted by atomic mass is 31.2. The van der Waals surface area contributed by atoms with Crippen molar-refractivity contribution in [3.63, 3.8) is 0 Å². The second kappa shape index (κ2) is 7.07. The van der Waals surface area contributed by atoms with Crippen LogP contribution >= 0.6 is 7.60 Å². The van der Waals surface area contributed by atoms with Crippen molar-refractivity contribution in [3.8, 4) is 0 Å². The third-order valence-corrected chi connectivity index (χ3v) is 18.1. The summed E-state index contributed by atoms with van der Waals surface area (Å²) in [5.41, 5.74) is 0. The second-order valence-electron chi connectivity index (χ2n) is 9.93. The third kappa shape index (κ3) is 9.32. The van der Waals surface area contributed by atoms with E-state index in [1.807, 2.05) is 0 Å². The average Bonchev–Trinajstić information content (AvgIpc) is 2.03. The largest absolute Gasteiger partial charge is 0.351 e. The van der Waals surface area contributed by atoms with Crippen LogP contribution in [-0.4, -0.2) is 43.6 Å². The molecule has 0 spiro atoms. The first kappa shape index (κ1) is 23.0. The lowest BCUT2D eigenvalue weighted by molar-refractivity contribution is 0.371. The lowest BCUT2D eigenvalue weighted by Crippen LogP contribution is -2.59. The summed E-state index contributed by atoms with van der Waals surface area (Å²) in [6.07, 6.45) is 0.465. The van der Waals surface area contributed by atoms with Gasteiger partial charge in [-0.3, -0.25) is 4.57 Å². The quantitative estimate of drug-likeness (QED) is 0.381. The average molecular weight is 400 g/mol. The van der Waals surface area contributed by atoms with Gasteiger partial charge in [-0.1, -0.05) is 39.3 Å². The monoisotopic (exact) mass is 399 g/mol. The lowest BCUT2D eigenvalue weighted by atomic mass is 11.5. The zero-order chi connectivity index (χ0) is 18.2. The molecule has 0 bridgehead atoms. The van der Waals surface area contributed by atoms with Crippen LogP contribution < -0.4 is 0 Å². The van der Waals surface area contributed by atoms with Crippen LogP contribution in [0.5, 0.6) is 0 Å². The summed E-state index contributed by atoms with van der Waals surface area (Å²) in [5.74, 6) is 0. The number of nitrogens with zero attached hydrogens (tertiary/aromatic N) is 1. The molecule has 0 N–H and O–H groups in total. The highest BCUT2D eigenvalue weighted by molar-refractivity contribution is 7.57. The predicted molar refractivity (Wildman–Crippen MR) is 110 cm³/mol. The van der Waals surface area contributed by atoms with Crippen molar-refractivity contribution in [3.05, 3.63) is 0 Å². The summed E-state index contributed by atoms with van der Waals surface area (Å²) in [6.45, 7) is 26.4. The van der Waals surface area contributed by atoms with E-state index >= 15 is 0 Å². The number of hydrogen-bond acceptors (Lipinski definition) is 4. The summed E-state index contributed by atoms with van der Waals surface area (Å²) in [5, 5.41) is 0. The number of rotatable bonds is 8. The first-order valence-corrected chi connectivity index (χ1v) is 23.5. The summed E-state index contributed by atoms with van der Waals surface area (Å²) in [6, 6.07) is 0. The molecule has 0 amide bonds. The molecule has 0 unspecified atom stereocenters. The fourth-order valence-electron chi connectivity index (χ4n) is 2.51. The van der Waals surface area contributed by atoms with Gasteiger partial charge in [0.1, 0.15) is 16.5 Å². The molecule has 0 aromatic carbocycles. The van der Waals surface area contributed by atoms with Crippen molar-refractivity contribution in [1.82, 2.24) is 4.23 Å². The van der Waals surface area contributed by atoms with Crippen molar-refractivity contribution >= 4 is 40.7 Å². The van der Waals surface area contributed by atoms with Gasteiger partial charge in [-0.05, 0) is 39.3 Å². The Morgan fingerprint density at radius 1 is 0.682 bits per heavy atom. The van der Waals surface area contributed by atoms with Gasteiger partial charge in [0, 0.05) is 0 Å². The zero-order valence-corrected chi connectivity index (χ0v) is 21.7. The lowest BCUT2D eigenvalue weighted by Gasteiger charge is -2.46. The van der Waals surface area contributed by atoms with E-state index in [4.69, 9.17) is 8.43 Å². The molecule has 0 fully saturated rings. The number of hydrogen-bond donors (Lipinski definition) is 0. The topological polar surface area (TPSA) is 38.8 Å². The molecule has 0 aliphatic heterocycles. The predicted octanol–water partition coefficient (Wildman–Crippen LogP) is 5.81. The van der Waals surface area contributed by atoms with E-state index in [0.717, 1.165) is 0 Å². The molecular formula is C13H38NO3PSi4. The minimum atomic E-state index is -3.09. The molecule has 22 heavy (non-hydrogen) atoms. The second-order valence-corrected chi connectivity index (χ2v) is 31.6. The van der Waals surface area contributed by atoms with Crippen molar-refractivity contribution in [2.75, 3.05) is 6.29 Å². The molecule has 9 heteroatoms. The van der Waals surface area contributed by atoms with Gasteiger partial charge in [-0.15, -0.1) is 0 Å². The smallest absolute Gasteiger partial charge is 0.324 e. The molecule has 0 aromatic heterocycles. The maximum atomic E-state index is 13.6. The molecule has 0 radical (unpaired) electrons. The maximum Gasteiger partial charge on any atom is 0.324 e. The van der Waals surface area contributed by atoms with E-state index in [2.05, 4.69) is 82.8 Å². The molecule has 0 aromatic rings. The first-order chi connectivity index (χ1) is 9.25. The van der Waals surface area contributed by atoms with Crippen LogP contribution in [0.15, 0.2) is 0 Å². The highest BCUT2D eigenvalue weighted by Gasteiger charge is 2.44. The summed E-state index contributed by atoms with van der Waals surface area (Å²) >= 11 is 0.